The van der Waals surface area contributed by atoms with Crippen molar-refractivity contribution < 1.29 is 17.9 Å². The van der Waals surface area contributed by atoms with Crippen molar-refractivity contribution in [2.24, 2.45) is 0 Å². The minimum atomic E-state index is -3.32. The number of nitrogens with one attached hydrogen (secondary N) is 2. The Kier molecular flexibility index (Phi) is 4.31. The summed E-state index contributed by atoms with van der Waals surface area (Å²) in [5, 5.41) is 6.87. The molecule has 0 spiro atoms. The van der Waals surface area contributed by atoms with E-state index in [1.54, 1.807) is 19.1 Å². The van der Waals surface area contributed by atoms with E-state index in [4.69, 9.17) is 4.74 Å². The Labute approximate surface area is 171 Å². The van der Waals surface area contributed by atoms with Gasteiger partial charge in [0.25, 0.3) is 0 Å². The average Bonchev–Trinajstić information content (AvgIpc) is 3.17. The van der Waals surface area contributed by atoms with E-state index in [1.165, 1.54) is 19.4 Å². The van der Waals surface area contributed by atoms with Crippen LogP contribution in [-0.4, -0.2) is 34.2 Å². The van der Waals surface area contributed by atoms with E-state index in [0.717, 1.165) is 28.2 Å². The lowest BCUT2D eigenvalue weighted by Gasteiger charge is -2.20. The van der Waals surface area contributed by atoms with E-state index in [9.17, 15) is 13.2 Å². The van der Waals surface area contributed by atoms with E-state index in [-0.39, 0.29) is 22.4 Å². The number of sulfone groups is 1. The van der Waals surface area contributed by atoms with Crippen LogP contribution >= 0.6 is 0 Å². The molecule has 2 N–H and O–H groups in total. The fourth-order valence-electron chi connectivity index (χ4n) is 4.10. The highest BCUT2D eigenvalue weighted by molar-refractivity contribution is 7.90. The molecule has 154 valence electrons. The van der Waals surface area contributed by atoms with Crippen molar-refractivity contribution in [1.82, 2.24) is 0 Å². The maximum Gasteiger partial charge on any atom is 0.223 e. The number of hydrogen-bond acceptors (Lipinski definition) is 6. The Balaban J connectivity index is 1.71. The van der Waals surface area contributed by atoms with Gasteiger partial charge in [-0.05, 0) is 29.8 Å². The maximum atomic E-state index is 12.1. The lowest BCUT2D eigenvalue weighted by Crippen LogP contribution is -2.32. The zero-order chi connectivity index (χ0) is 21.1. The molecular weight excluding hydrogens is 390 g/mol. The first kappa shape index (κ1) is 19.6. The molecule has 0 radical (unpaired) electrons. The third-order valence-corrected chi connectivity index (χ3v) is 6.74. The van der Waals surface area contributed by atoms with Crippen LogP contribution in [-0.2, 0) is 20.0 Å². The molecule has 1 unspecified atom stereocenters. The molecule has 2 aromatic carbocycles. The van der Waals surface area contributed by atoms with Crippen molar-refractivity contribution in [2.75, 3.05) is 35.4 Å². The van der Waals surface area contributed by atoms with Crippen molar-refractivity contribution in [3.8, 4) is 5.75 Å². The zero-order valence-electron chi connectivity index (χ0n) is 17.2. The lowest BCUT2D eigenvalue weighted by atomic mass is 9.86. The zero-order valence-corrected chi connectivity index (χ0v) is 18.0. The van der Waals surface area contributed by atoms with Crippen LogP contribution in [0.4, 0.5) is 17.1 Å². The molecular formula is C21H25N3O4S. The second-order valence-corrected chi connectivity index (χ2v) is 10.3. The summed E-state index contributed by atoms with van der Waals surface area (Å²) in [4.78, 5) is 14.1. The van der Waals surface area contributed by atoms with Crippen molar-refractivity contribution >= 4 is 32.8 Å². The summed E-state index contributed by atoms with van der Waals surface area (Å²) in [5.41, 5.74) is 4.56. The Morgan fingerprint density at radius 1 is 1.17 bits per heavy atom. The third kappa shape index (κ3) is 3.21. The van der Waals surface area contributed by atoms with E-state index >= 15 is 0 Å². The van der Waals surface area contributed by atoms with Gasteiger partial charge in [0, 0.05) is 36.4 Å². The van der Waals surface area contributed by atoms with Gasteiger partial charge in [-0.3, -0.25) is 4.79 Å². The van der Waals surface area contributed by atoms with Gasteiger partial charge in [-0.15, -0.1) is 0 Å². The summed E-state index contributed by atoms with van der Waals surface area (Å²) in [6.07, 6.45) is 0.901. The Morgan fingerprint density at radius 3 is 2.41 bits per heavy atom. The largest absolute Gasteiger partial charge is 0.496 e. The van der Waals surface area contributed by atoms with Gasteiger partial charge < -0.3 is 20.3 Å². The van der Waals surface area contributed by atoms with Crippen LogP contribution in [0, 0.1) is 0 Å². The van der Waals surface area contributed by atoms with Gasteiger partial charge in [-0.1, -0.05) is 19.9 Å². The minimum Gasteiger partial charge on any atom is -0.496 e. The molecule has 2 aliphatic rings. The standard InChI is InChI=1S/C21H25N3O4S/c1-12(25)24-11-21(2,3)15-9-16-17(10-18(15)24)23-20(22-16)14-7-6-13(29(5,26)27)8-19(14)28-4/h6-10,20,22-23H,11H2,1-5H3. The minimum absolute atomic E-state index is 0.0253. The number of benzene rings is 2. The first-order valence-electron chi connectivity index (χ1n) is 9.39. The number of anilines is 3. The number of nitrogens with zero attached hydrogens (tertiary/aromatic N) is 1. The van der Waals surface area contributed by atoms with E-state index in [0.29, 0.717) is 12.3 Å². The molecule has 0 bridgehead atoms. The molecule has 0 aromatic heterocycles. The second-order valence-electron chi connectivity index (χ2n) is 8.30. The third-order valence-electron chi connectivity index (χ3n) is 5.63. The first-order chi connectivity index (χ1) is 13.5. The summed E-state index contributed by atoms with van der Waals surface area (Å²) < 4.78 is 29.2. The van der Waals surface area contributed by atoms with Crippen molar-refractivity contribution in [3.05, 3.63) is 41.5 Å². The predicted octanol–water partition coefficient (Wildman–Crippen LogP) is 3.28. The molecule has 2 heterocycles. The molecule has 29 heavy (non-hydrogen) atoms. The van der Waals surface area contributed by atoms with Crippen molar-refractivity contribution in [3.63, 3.8) is 0 Å². The topological polar surface area (TPSA) is 87.7 Å². The van der Waals surface area contributed by atoms with Crippen LogP contribution in [0.3, 0.4) is 0 Å². The summed E-state index contributed by atoms with van der Waals surface area (Å²) in [5.74, 6) is 0.515. The van der Waals surface area contributed by atoms with E-state index < -0.39 is 9.84 Å². The summed E-state index contributed by atoms with van der Waals surface area (Å²) in [7, 11) is -1.80. The summed E-state index contributed by atoms with van der Waals surface area (Å²) >= 11 is 0. The van der Waals surface area contributed by atoms with Gasteiger partial charge in [-0.25, -0.2) is 8.42 Å². The number of carbonyl (C=O) groups is 1. The smallest absolute Gasteiger partial charge is 0.223 e. The molecule has 2 aliphatic heterocycles. The van der Waals surface area contributed by atoms with Gasteiger partial charge in [-0.2, -0.15) is 0 Å². The SMILES string of the molecule is COc1cc(S(C)(=O)=O)ccc1C1Nc2cc3c(cc2N1)C(C)(C)CN3C(C)=O. The van der Waals surface area contributed by atoms with Gasteiger partial charge in [0.1, 0.15) is 11.9 Å². The highest BCUT2D eigenvalue weighted by Gasteiger charge is 2.39. The molecule has 7 nitrogen and oxygen atoms in total. The lowest BCUT2D eigenvalue weighted by molar-refractivity contribution is -0.116. The van der Waals surface area contributed by atoms with Crippen LogP contribution in [0.5, 0.6) is 5.75 Å². The second kappa shape index (κ2) is 6.38. The van der Waals surface area contributed by atoms with Gasteiger partial charge in [0.2, 0.25) is 5.91 Å². The Morgan fingerprint density at radius 2 is 1.83 bits per heavy atom. The van der Waals surface area contributed by atoms with Gasteiger partial charge >= 0.3 is 0 Å². The molecule has 4 rings (SSSR count). The first-order valence-corrected chi connectivity index (χ1v) is 11.3. The number of rotatable bonds is 3. The van der Waals surface area contributed by atoms with Crippen molar-refractivity contribution in [2.45, 2.75) is 37.2 Å². The number of ether oxygens (including phenoxy) is 1. The molecule has 0 fully saturated rings. The van der Waals surface area contributed by atoms with Gasteiger partial charge in [0.05, 0.1) is 23.4 Å². The quantitative estimate of drug-likeness (QED) is 0.800. The number of fused-ring (bicyclic) bond motifs is 2. The number of hydrogen-bond donors (Lipinski definition) is 2. The van der Waals surface area contributed by atoms with E-state index in [2.05, 4.69) is 30.5 Å². The highest BCUT2D eigenvalue weighted by atomic mass is 32.2. The monoisotopic (exact) mass is 415 g/mol. The molecule has 1 atom stereocenters. The normalized spacial score (nSPS) is 19.2. The fraction of sp³-hybridized carbons (Fsp3) is 0.381. The average molecular weight is 416 g/mol. The van der Waals surface area contributed by atoms with Crippen LogP contribution in [0.25, 0.3) is 0 Å². The molecule has 2 aromatic rings. The van der Waals surface area contributed by atoms with Crippen LogP contribution in [0.1, 0.15) is 38.1 Å². The Hall–Kier alpha value is -2.74. The number of methoxy groups -OCH3 is 1. The summed E-state index contributed by atoms with van der Waals surface area (Å²) in [6, 6.07) is 8.98. The van der Waals surface area contributed by atoms with Crippen LogP contribution in [0.2, 0.25) is 0 Å². The molecule has 0 saturated carbocycles. The highest BCUT2D eigenvalue weighted by Crippen LogP contribution is 2.48. The number of carbonyl (C=O) groups excluding carboxylic acids is 1. The van der Waals surface area contributed by atoms with Crippen LogP contribution in [0.15, 0.2) is 35.2 Å². The predicted molar refractivity (Wildman–Crippen MR) is 114 cm³/mol. The Bertz CT molecular complexity index is 1120. The molecule has 8 heteroatoms. The maximum absolute atomic E-state index is 12.1. The molecule has 0 saturated heterocycles. The summed E-state index contributed by atoms with van der Waals surface area (Å²) in [6.45, 7) is 6.51. The fourth-order valence-corrected chi connectivity index (χ4v) is 4.74. The molecule has 1 amide bonds. The van der Waals surface area contributed by atoms with Crippen LogP contribution < -0.4 is 20.3 Å². The van der Waals surface area contributed by atoms with Gasteiger partial charge in [0.15, 0.2) is 9.84 Å². The van der Waals surface area contributed by atoms with E-state index in [1.807, 2.05) is 11.0 Å². The number of amides is 1. The van der Waals surface area contributed by atoms with Crippen molar-refractivity contribution in [1.29, 1.82) is 0 Å². The molecule has 0 aliphatic carbocycles.